The van der Waals surface area contributed by atoms with Gasteiger partial charge in [-0.1, -0.05) is 12.8 Å². The van der Waals surface area contributed by atoms with E-state index in [1.807, 2.05) is 0 Å². The molecule has 0 heterocycles. The Labute approximate surface area is 108 Å². The summed E-state index contributed by atoms with van der Waals surface area (Å²) in [4.78, 5) is 23.1. The molecule has 5 heteroatoms. The molecule has 0 bridgehead atoms. The molecule has 0 aromatic carbocycles. The number of alkyl halides is 1. The second-order valence-corrected chi connectivity index (χ2v) is 3.97. The van der Waals surface area contributed by atoms with Crippen molar-refractivity contribution in [1.29, 1.82) is 0 Å². The van der Waals surface area contributed by atoms with Crippen LogP contribution in [0.5, 0.6) is 0 Å². The number of esters is 2. The van der Waals surface area contributed by atoms with Gasteiger partial charge in [0.1, 0.15) is 0 Å². The molecular formula is C12H21ClO4. The molecule has 4 nitrogen and oxygen atoms in total. The molecule has 0 unspecified atom stereocenters. The van der Waals surface area contributed by atoms with E-state index in [1.165, 1.54) is 0 Å². The second-order valence-electron chi connectivity index (χ2n) is 3.59. The fourth-order valence-corrected chi connectivity index (χ4v) is 1.63. The van der Waals surface area contributed by atoms with Gasteiger partial charge in [-0.3, -0.25) is 9.59 Å². The average molecular weight is 265 g/mol. The summed E-state index contributed by atoms with van der Waals surface area (Å²) < 4.78 is 9.73. The minimum atomic E-state index is -0.787. The van der Waals surface area contributed by atoms with Gasteiger partial charge in [0.2, 0.25) is 0 Å². The Morgan fingerprint density at radius 2 is 1.53 bits per heavy atom. The quantitative estimate of drug-likeness (QED) is 0.278. The van der Waals surface area contributed by atoms with E-state index >= 15 is 0 Å². The SMILES string of the molecule is CCOC(=O)C(CCCCCCl)C(=O)OCC. The molecule has 0 aliphatic carbocycles. The van der Waals surface area contributed by atoms with Crippen LogP contribution in [0.25, 0.3) is 0 Å². The normalized spacial score (nSPS) is 10.4. The molecule has 0 N–H and O–H groups in total. The van der Waals surface area contributed by atoms with Gasteiger partial charge in [-0.2, -0.15) is 0 Å². The summed E-state index contributed by atoms with van der Waals surface area (Å²) >= 11 is 5.56. The molecule has 0 aromatic heterocycles. The van der Waals surface area contributed by atoms with Crippen LogP contribution in [-0.2, 0) is 19.1 Å². The molecule has 0 radical (unpaired) electrons. The maximum Gasteiger partial charge on any atom is 0.320 e. The van der Waals surface area contributed by atoms with E-state index in [-0.39, 0.29) is 13.2 Å². The van der Waals surface area contributed by atoms with Crippen LogP contribution in [0.1, 0.15) is 39.5 Å². The lowest BCUT2D eigenvalue weighted by atomic mass is 10.0. The largest absolute Gasteiger partial charge is 0.465 e. The highest BCUT2D eigenvalue weighted by Gasteiger charge is 2.28. The smallest absolute Gasteiger partial charge is 0.320 e. The third-order valence-corrected chi connectivity index (χ3v) is 2.54. The monoisotopic (exact) mass is 264 g/mol. The van der Waals surface area contributed by atoms with Gasteiger partial charge in [0.05, 0.1) is 13.2 Å². The van der Waals surface area contributed by atoms with E-state index in [1.54, 1.807) is 13.8 Å². The molecule has 0 fully saturated rings. The predicted molar refractivity (Wildman–Crippen MR) is 65.9 cm³/mol. The van der Waals surface area contributed by atoms with Crippen molar-refractivity contribution in [2.75, 3.05) is 19.1 Å². The number of rotatable bonds is 9. The minimum absolute atomic E-state index is 0.274. The lowest BCUT2D eigenvalue weighted by Crippen LogP contribution is -2.28. The molecule has 17 heavy (non-hydrogen) atoms. The zero-order chi connectivity index (χ0) is 13.1. The molecule has 0 saturated heterocycles. The zero-order valence-corrected chi connectivity index (χ0v) is 11.3. The van der Waals surface area contributed by atoms with Gasteiger partial charge >= 0.3 is 11.9 Å². The van der Waals surface area contributed by atoms with E-state index in [2.05, 4.69) is 0 Å². The van der Waals surface area contributed by atoms with Crippen molar-refractivity contribution < 1.29 is 19.1 Å². The highest BCUT2D eigenvalue weighted by Crippen LogP contribution is 2.14. The number of unbranched alkanes of at least 4 members (excludes halogenated alkanes) is 2. The highest BCUT2D eigenvalue weighted by molar-refractivity contribution is 6.17. The number of halogens is 1. The van der Waals surface area contributed by atoms with Gasteiger partial charge in [-0.05, 0) is 26.7 Å². The maximum atomic E-state index is 11.6. The first-order valence-electron chi connectivity index (χ1n) is 6.06. The van der Waals surface area contributed by atoms with Crippen LogP contribution in [0.2, 0.25) is 0 Å². The van der Waals surface area contributed by atoms with E-state index < -0.39 is 17.9 Å². The van der Waals surface area contributed by atoms with Crippen LogP contribution in [0.3, 0.4) is 0 Å². The van der Waals surface area contributed by atoms with Crippen molar-refractivity contribution >= 4 is 23.5 Å². The predicted octanol–water partition coefficient (Wildman–Crippen LogP) is 2.53. The summed E-state index contributed by atoms with van der Waals surface area (Å²) in [7, 11) is 0. The summed E-state index contributed by atoms with van der Waals surface area (Å²) in [5.41, 5.74) is 0. The van der Waals surface area contributed by atoms with Crippen LogP contribution in [0, 0.1) is 5.92 Å². The third-order valence-electron chi connectivity index (χ3n) is 2.27. The molecule has 0 aliphatic heterocycles. The topological polar surface area (TPSA) is 52.6 Å². The molecule has 0 spiro atoms. The van der Waals surface area contributed by atoms with Crippen LogP contribution in [0.15, 0.2) is 0 Å². The number of hydrogen-bond donors (Lipinski definition) is 0. The minimum Gasteiger partial charge on any atom is -0.465 e. The van der Waals surface area contributed by atoms with Crippen LogP contribution < -0.4 is 0 Å². The molecule has 0 amide bonds. The Hall–Kier alpha value is -0.770. The molecule has 0 aromatic rings. The Morgan fingerprint density at radius 1 is 1.00 bits per heavy atom. The van der Waals surface area contributed by atoms with E-state index in [9.17, 15) is 9.59 Å². The first-order chi connectivity index (χ1) is 8.17. The second kappa shape index (κ2) is 10.4. The average Bonchev–Trinajstić information content (AvgIpc) is 2.29. The van der Waals surface area contributed by atoms with Crippen LogP contribution >= 0.6 is 11.6 Å². The van der Waals surface area contributed by atoms with Crippen LogP contribution in [-0.4, -0.2) is 31.0 Å². The van der Waals surface area contributed by atoms with Gasteiger partial charge in [-0.25, -0.2) is 0 Å². The third kappa shape index (κ3) is 7.21. The van der Waals surface area contributed by atoms with Crippen molar-refractivity contribution in [2.45, 2.75) is 39.5 Å². The van der Waals surface area contributed by atoms with E-state index in [0.29, 0.717) is 12.3 Å². The summed E-state index contributed by atoms with van der Waals surface area (Å²) in [6.45, 7) is 3.98. The summed E-state index contributed by atoms with van der Waals surface area (Å²) in [5, 5.41) is 0. The fraction of sp³-hybridized carbons (Fsp3) is 0.833. The maximum absolute atomic E-state index is 11.6. The molecule has 0 saturated carbocycles. The van der Waals surface area contributed by atoms with Gasteiger partial charge in [0, 0.05) is 5.88 Å². The summed E-state index contributed by atoms with van der Waals surface area (Å²) in [6.07, 6.45) is 3.03. The molecule has 0 aliphatic rings. The van der Waals surface area contributed by atoms with Gasteiger partial charge in [0.25, 0.3) is 0 Å². The molecule has 0 atom stereocenters. The van der Waals surface area contributed by atoms with Crippen molar-refractivity contribution in [3.8, 4) is 0 Å². The lowest BCUT2D eigenvalue weighted by Gasteiger charge is -2.13. The Morgan fingerprint density at radius 3 is 1.94 bits per heavy atom. The van der Waals surface area contributed by atoms with Gasteiger partial charge in [-0.15, -0.1) is 11.6 Å². The number of hydrogen-bond acceptors (Lipinski definition) is 4. The molecular weight excluding hydrogens is 244 g/mol. The highest BCUT2D eigenvalue weighted by atomic mass is 35.5. The zero-order valence-electron chi connectivity index (χ0n) is 10.5. The van der Waals surface area contributed by atoms with Crippen molar-refractivity contribution in [2.24, 2.45) is 5.92 Å². The van der Waals surface area contributed by atoms with Gasteiger partial charge in [0.15, 0.2) is 5.92 Å². The molecule has 100 valence electrons. The Kier molecular flexibility index (Phi) is 9.92. The van der Waals surface area contributed by atoms with Crippen molar-refractivity contribution in [1.82, 2.24) is 0 Å². The number of carbonyl (C=O) groups excluding carboxylic acids is 2. The summed E-state index contributed by atoms with van der Waals surface area (Å²) in [5.74, 6) is -1.16. The Balaban J connectivity index is 4.19. The Bertz CT molecular complexity index is 213. The standard InChI is InChI=1S/C12H21ClO4/c1-3-16-11(14)10(12(15)17-4-2)8-6-5-7-9-13/h10H,3-9H2,1-2H3. The van der Waals surface area contributed by atoms with Crippen molar-refractivity contribution in [3.05, 3.63) is 0 Å². The fourth-order valence-electron chi connectivity index (χ4n) is 1.44. The van der Waals surface area contributed by atoms with Crippen LogP contribution in [0.4, 0.5) is 0 Å². The lowest BCUT2D eigenvalue weighted by molar-refractivity contribution is -0.161. The molecule has 0 rings (SSSR count). The first-order valence-corrected chi connectivity index (χ1v) is 6.60. The number of carbonyl (C=O) groups is 2. The summed E-state index contributed by atoms with van der Waals surface area (Å²) in [6, 6.07) is 0. The first kappa shape index (κ1) is 16.2. The van der Waals surface area contributed by atoms with E-state index in [4.69, 9.17) is 21.1 Å². The number of ether oxygens (including phenoxy) is 2. The van der Waals surface area contributed by atoms with Gasteiger partial charge < -0.3 is 9.47 Å². The van der Waals surface area contributed by atoms with E-state index in [0.717, 1.165) is 19.3 Å². The van der Waals surface area contributed by atoms with Crippen molar-refractivity contribution in [3.63, 3.8) is 0 Å².